The van der Waals surface area contributed by atoms with Crippen LogP contribution in [0.15, 0.2) is 6.20 Å². The molecule has 1 aliphatic heterocycles. The molecule has 0 aromatic carbocycles. The Morgan fingerprint density at radius 1 is 1.35 bits per heavy atom. The minimum atomic E-state index is -0.0431. The Balaban J connectivity index is 1.99. The summed E-state index contributed by atoms with van der Waals surface area (Å²) in [4.78, 5) is 16.7. The predicted molar refractivity (Wildman–Crippen MR) is 79.5 cm³/mol. The SMILES string of the molecule is CCC(C)N1CCN(C(=O)c2nn(CC)cc2N)CC1. The molecule has 6 heteroatoms. The molecule has 1 saturated heterocycles. The smallest absolute Gasteiger partial charge is 0.276 e. The van der Waals surface area contributed by atoms with Crippen LogP contribution in [0.1, 0.15) is 37.7 Å². The van der Waals surface area contributed by atoms with Crippen LogP contribution in [0.4, 0.5) is 5.69 Å². The third-order valence-corrected chi connectivity index (χ3v) is 4.13. The van der Waals surface area contributed by atoms with Gasteiger partial charge in [-0.3, -0.25) is 14.4 Å². The second kappa shape index (κ2) is 6.26. The molecule has 112 valence electrons. The number of amides is 1. The van der Waals surface area contributed by atoms with Crippen molar-refractivity contribution in [1.29, 1.82) is 0 Å². The molecule has 1 atom stereocenters. The summed E-state index contributed by atoms with van der Waals surface area (Å²) in [5.74, 6) is -0.0431. The summed E-state index contributed by atoms with van der Waals surface area (Å²) >= 11 is 0. The number of carbonyl (C=O) groups is 1. The highest BCUT2D eigenvalue weighted by molar-refractivity contribution is 5.97. The van der Waals surface area contributed by atoms with E-state index in [2.05, 4.69) is 23.8 Å². The van der Waals surface area contributed by atoms with Crippen LogP contribution in [0.2, 0.25) is 0 Å². The summed E-state index contributed by atoms with van der Waals surface area (Å²) in [5.41, 5.74) is 6.75. The fourth-order valence-corrected chi connectivity index (χ4v) is 2.54. The Morgan fingerprint density at radius 3 is 2.50 bits per heavy atom. The summed E-state index contributed by atoms with van der Waals surface area (Å²) in [6.07, 6.45) is 2.87. The maximum absolute atomic E-state index is 12.4. The van der Waals surface area contributed by atoms with Crippen molar-refractivity contribution in [3.8, 4) is 0 Å². The lowest BCUT2D eigenvalue weighted by molar-refractivity contribution is 0.0574. The highest BCUT2D eigenvalue weighted by Crippen LogP contribution is 2.15. The standard InChI is InChI=1S/C14H25N5O/c1-4-11(3)17-6-8-18(9-7-17)14(20)13-12(15)10-19(5-2)16-13/h10-11H,4-9,15H2,1-3H3. The van der Waals surface area contributed by atoms with Gasteiger partial charge in [0.25, 0.3) is 5.91 Å². The number of nitrogens with zero attached hydrogens (tertiary/aromatic N) is 4. The number of hydrogen-bond donors (Lipinski definition) is 1. The van der Waals surface area contributed by atoms with E-state index < -0.39 is 0 Å². The van der Waals surface area contributed by atoms with Gasteiger partial charge in [0, 0.05) is 45.0 Å². The summed E-state index contributed by atoms with van der Waals surface area (Å²) in [7, 11) is 0. The topological polar surface area (TPSA) is 67.4 Å². The predicted octanol–water partition coefficient (Wildman–Crippen LogP) is 1.04. The molecule has 20 heavy (non-hydrogen) atoms. The van der Waals surface area contributed by atoms with E-state index in [1.165, 1.54) is 0 Å². The van der Waals surface area contributed by atoms with Gasteiger partial charge in [0.2, 0.25) is 0 Å². The molecule has 1 aromatic heterocycles. The average Bonchev–Trinajstić information content (AvgIpc) is 2.87. The average molecular weight is 279 g/mol. The van der Waals surface area contributed by atoms with E-state index in [4.69, 9.17) is 5.73 Å². The van der Waals surface area contributed by atoms with E-state index in [-0.39, 0.29) is 5.91 Å². The first-order valence-corrected chi connectivity index (χ1v) is 7.43. The molecule has 1 aliphatic rings. The van der Waals surface area contributed by atoms with E-state index in [1.807, 2.05) is 11.8 Å². The van der Waals surface area contributed by atoms with Crippen LogP contribution >= 0.6 is 0 Å². The van der Waals surface area contributed by atoms with Gasteiger partial charge in [-0.25, -0.2) is 0 Å². The van der Waals surface area contributed by atoms with Gasteiger partial charge < -0.3 is 10.6 Å². The van der Waals surface area contributed by atoms with Gasteiger partial charge in [-0.15, -0.1) is 0 Å². The van der Waals surface area contributed by atoms with Crippen LogP contribution < -0.4 is 5.73 Å². The fourth-order valence-electron chi connectivity index (χ4n) is 2.54. The number of nitrogens with two attached hydrogens (primary N) is 1. The van der Waals surface area contributed by atoms with Crippen LogP contribution in [0.5, 0.6) is 0 Å². The summed E-state index contributed by atoms with van der Waals surface area (Å²) < 4.78 is 1.71. The van der Waals surface area contributed by atoms with E-state index >= 15 is 0 Å². The first kappa shape index (κ1) is 14.8. The largest absolute Gasteiger partial charge is 0.396 e. The van der Waals surface area contributed by atoms with Crippen LogP contribution in [-0.4, -0.2) is 57.7 Å². The van der Waals surface area contributed by atoms with Crippen LogP contribution in [-0.2, 0) is 6.54 Å². The minimum absolute atomic E-state index is 0.0431. The summed E-state index contributed by atoms with van der Waals surface area (Å²) in [5, 5.41) is 4.26. The summed E-state index contributed by atoms with van der Waals surface area (Å²) in [6, 6.07) is 0.580. The van der Waals surface area contributed by atoms with Crippen molar-refractivity contribution in [1.82, 2.24) is 19.6 Å². The highest BCUT2D eigenvalue weighted by atomic mass is 16.2. The van der Waals surface area contributed by atoms with Crippen molar-refractivity contribution in [3.05, 3.63) is 11.9 Å². The molecular weight excluding hydrogens is 254 g/mol. The van der Waals surface area contributed by atoms with Crippen molar-refractivity contribution in [2.45, 2.75) is 39.8 Å². The second-order valence-electron chi connectivity index (χ2n) is 5.37. The Bertz CT molecular complexity index is 462. The third-order valence-electron chi connectivity index (χ3n) is 4.13. The maximum Gasteiger partial charge on any atom is 0.276 e. The first-order chi connectivity index (χ1) is 9.56. The molecule has 6 nitrogen and oxygen atoms in total. The molecule has 1 amide bonds. The van der Waals surface area contributed by atoms with Crippen molar-refractivity contribution in [2.24, 2.45) is 0 Å². The van der Waals surface area contributed by atoms with Gasteiger partial charge in [-0.1, -0.05) is 6.92 Å². The fraction of sp³-hybridized carbons (Fsp3) is 0.714. The van der Waals surface area contributed by atoms with Crippen molar-refractivity contribution in [2.75, 3.05) is 31.9 Å². The minimum Gasteiger partial charge on any atom is -0.396 e. The molecule has 2 rings (SSSR count). The normalized spacial score (nSPS) is 18.2. The summed E-state index contributed by atoms with van der Waals surface area (Å²) in [6.45, 7) is 10.5. The van der Waals surface area contributed by atoms with Crippen LogP contribution in [0.25, 0.3) is 0 Å². The van der Waals surface area contributed by atoms with Gasteiger partial charge in [0.15, 0.2) is 5.69 Å². The lowest BCUT2D eigenvalue weighted by atomic mass is 10.2. The molecule has 1 fully saturated rings. The number of aromatic nitrogens is 2. The van der Waals surface area contributed by atoms with Crippen molar-refractivity contribution >= 4 is 11.6 Å². The van der Waals surface area contributed by atoms with Crippen LogP contribution in [0.3, 0.4) is 0 Å². The molecular formula is C14H25N5O. The maximum atomic E-state index is 12.4. The first-order valence-electron chi connectivity index (χ1n) is 7.43. The third kappa shape index (κ3) is 2.95. The number of anilines is 1. The second-order valence-corrected chi connectivity index (χ2v) is 5.37. The van der Waals surface area contributed by atoms with E-state index in [1.54, 1.807) is 10.9 Å². The Labute approximate surface area is 120 Å². The van der Waals surface area contributed by atoms with Crippen LogP contribution in [0, 0.1) is 0 Å². The van der Waals surface area contributed by atoms with Crippen molar-refractivity contribution in [3.63, 3.8) is 0 Å². The highest BCUT2D eigenvalue weighted by Gasteiger charge is 2.26. The van der Waals surface area contributed by atoms with E-state index in [0.717, 1.165) is 39.1 Å². The molecule has 0 radical (unpaired) electrons. The Hall–Kier alpha value is -1.56. The quantitative estimate of drug-likeness (QED) is 0.894. The van der Waals surface area contributed by atoms with Gasteiger partial charge >= 0.3 is 0 Å². The number of hydrogen-bond acceptors (Lipinski definition) is 4. The number of aryl methyl sites for hydroxylation is 1. The number of piperazine rings is 1. The molecule has 1 aromatic rings. The molecule has 0 spiro atoms. The molecule has 1 unspecified atom stereocenters. The number of rotatable bonds is 4. The zero-order valence-electron chi connectivity index (χ0n) is 12.7. The Kier molecular flexibility index (Phi) is 4.65. The van der Waals surface area contributed by atoms with Gasteiger partial charge in [0.05, 0.1) is 5.69 Å². The van der Waals surface area contributed by atoms with E-state index in [0.29, 0.717) is 17.4 Å². The number of nitrogen functional groups attached to an aromatic ring is 1. The molecule has 2 N–H and O–H groups in total. The van der Waals surface area contributed by atoms with Gasteiger partial charge in [-0.2, -0.15) is 5.10 Å². The zero-order chi connectivity index (χ0) is 14.7. The molecule has 2 heterocycles. The molecule has 0 aliphatic carbocycles. The molecule has 0 bridgehead atoms. The Morgan fingerprint density at radius 2 is 2.00 bits per heavy atom. The van der Waals surface area contributed by atoms with Gasteiger partial charge in [-0.05, 0) is 20.3 Å². The van der Waals surface area contributed by atoms with Gasteiger partial charge in [0.1, 0.15) is 0 Å². The van der Waals surface area contributed by atoms with E-state index in [9.17, 15) is 4.79 Å². The monoisotopic (exact) mass is 279 g/mol. The van der Waals surface area contributed by atoms with Crippen molar-refractivity contribution < 1.29 is 4.79 Å². The lowest BCUT2D eigenvalue weighted by Gasteiger charge is -2.37. The zero-order valence-corrected chi connectivity index (χ0v) is 12.7. The number of carbonyl (C=O) groups excluding carboxylic acids is 1. The lowest BCUT2D eigenvalue weighted by Crippen LogP contribution is -2.51. The molecule has 0 saturated carbocycles.